The summed E-state index contributed by atoms with van der Waals surface area (Å²) >= 11 is 0. The molecule has 2 aliphatic heterocycles. The molecule has 0 fully saturated rings. The fourth-order valence-corrected chi connectivity index (χ4v) is 6.97. The molecule has 46 heavy (non-hydrogen) atoms. The third-order valence-corrected chi connectivity index (χ3v) is 9.27. The second-order valence-electron chi connectivity index (χ2n) is 12.0. The minimum Gasteiger partial charge on any atom is -0.480 e. The third kappa shape index (κ3) is 4.50. The molecule has 0 radical (unpaired) electrons. The van der Waals surface area contributed by atoms with Crippen LogP contribution < -0.4 is 9.47 Å². The highest BCUT2D eigenvalue weighted by molar-refractivity contribution is 6.01. The number of fused-ring (bicyclic) bond motifs is 6. The normalized spacial score (nSPS) is 16.9. The summed E-state index contributed by atoms with van der Waals surface area (Å²) in [5, 5.41) is 4.80. The molecule has 2 heterocycles. The van der Waals surface area contributed by atoms with Gasteiger partial charge in [-0.3, -0.25) is 0 Å². The SMILES string of the molecule is C1=C(c2ccc(C3=Cc4c(ccc5ccccc45)OC3c3ccccc3)cc2)C(c2ccccc2)Oc2ccc3ccccc3c21. The van der Waals surface area contributed by atoms with Gasteiger partial charge in [-0.05, 0) is 68.1 Å². The van der Waals surface area contributed by atoms with E-state index in [-0.39, 0.29) is 12.2 Å². The number of rotatable bonds is 4. The molecular weight excluding hydrogens is 560 g/mol. The molecule has 2 unspecified atom stereocenters. The van der Waals surface area contributed by atoms with Crippen LogP contribution in [0.2, 0.25) is 0 Å². The van der Waals surface area contributed by atoms with Crippen molar-refractivity contribution in [3.63, 3.8) is 0 Å². The zero-order valence-electron chi connectivity index (χ0n) is 25.1. The van der Waals surface area contributed by atoms with Gasteiger partial charge in [-0.2, -0.15) is 0 Å². The van der Waals surface area contributed by atoms with Crippen molar-refractivity contribution in [2.24, 2.45) is 0 Å². The molecule has 218 valence electrons. The molecule has 2 atom stereocenters. The fourth-order valence-electron chi connectivity index (χ4n) is 6.97. The first-order chi connectivity index (χ1) is 22.8. The Balaban J connectivity index is 1.18. The van der Waals surface area contributed by atoms with Crippen molar-refractivity contribution < 1.29 is 9.47 Å². The molecule has 0 amide bonds. The second kappa shape index (κ2) is 10.9. The highest BCUT2D eigenvalue weighted by atomic mass is 16.5. The minimum atomic E-state index is -0.215. The van der Waals surface area contributed by atoms with Gasteiger partial charge in [0.25, 0.3) is 0 Å². The molecule has 0 saturated carbocycles. The molecule has 0 aliphatic carbocycles. The lowest BCUT2D eigenvalue weighted by Crippen LogP contribution is -2.15. The van der Waals surface area contributed by atoms with Crippen molar-refractivity contribution in [2.45, 2.75) is 12.2 Å². The van der Waals surface area contributed by atoms with Gasteiger partial charge in [-0.1, -0.05) is 146 Å². The summed E-state index contributed by atoms with van der Waals surface area (Å²) in [7, 11) is 0. The topological polar surface area (TPSA) is 18.5 Å². The van der Waals surface area contributed by atoms with E-state index < -0.39 is 0 Å². The van der Waals surface area contributed by atoms with Crippen LogP contribution in [-0.2, 0) is 0 Å². The van der Waals surface area contributed by atoms with Gasteiger partial charge in [0.05, 0.1) is 0 Å². The molecule has 7 aromatic rings. The number of hydrogen-bond acceptors (Lipinski definition) is 2. The monoisotopic (exact) mass is 590 g/mol. The summed E-state index contributed by atoms with van der Waals surface area (Å²) in [6.07, 6.45) is 4.22. The first kappa shape index (κ1) is 26.5. The van der Waals surface area contributed by atoms with E-state index in [0.29, 0.717) is 0 Å². The number of benzene rings is 7. The van der Waals surface area contributed by atoms with Crippen LogP contribution >= 0.6 is 0 Å². The average Bonchev–Trinajstić information content (AvgIpc) is 3.14. The van der Waals surface area contributed by atoms with Gasteiger partial charge in [-0.25, -0.2) is 0 Å². The highest BCUT2D eigenvalue weighted by Crippen LogP contribution is 2.47. The third-order valence-electron chi connectivity index (χ3n) is 9.27. The van der Waals surface area contributed by atoms with E-state index in [1.165, 1.54) is 21.5 Å². The van der Waals surface area contributed by atoms with Crippen molar-refractivity contribution in [2.75, 3.05) is 0 Å². The Labute approximate surface area is 268 Å². The van der Waals surface area contributed by atoms with E-state index in [4.69, 9.17) is 9.47 Å². The molecule has 2 aliphatic rings. The average molecular weight is 591 g/mol. The summed E-state index contributed by atoms with van der Waals surface area (Å²) in [6, 6.07) is 55.5. The standard InChI is InChI=1S/C44H30O2/c1-3-13-33(14-4-1)43-37(27-39-35-17-9-7-11-29(35)23-25-41(39)45-43)31-19-21-32(22-20-31)38-28-40-36-18-10-8-12-30(36)24-26-42(40)46-44(38)34-15-5-2-6-16-34/h1-28,43-44H. The molecule has 7 aromatic carbocycles. The molecule has 9 rings (SSSR count). The van der Waals surface area contributed by atoms with Crippen LogP contribution in [-0.4, -0.2) is 0 Å². The van der Waals surface area contributed by atoms with E-state index >= 15 is 0 Å². The van der Waals surface area contributed by atoms with Gasteiger partial charge in [0.15, 0.2) is 0 Å². The lowest BCUT2D eigenvalue weighted by atomic mass is 9.86. The van der Waals surface area contributed by atoms with Crippen LogP contribution in [0.1, 0.15) is 45.6 Å². The lowest BCUT2D eigenvalue weighted by Gasteiger charge is -2.30. The van der Waals surface area contributed by atoms with Crippen LogP contribution in [0.5, 0.6) is 11.5 Å². The Morgan fingerprint density at radius 2 is 0.739 bits per heavy atom. The summed E-state index contributed by atoms with van der Waals surface area (Å²) < 4.78 is 13.6. The van der Waals surface area contributed by atoms with Gasteiger partial charge in [0.1, 0.15) is 23.7 Å². The smallest absolute Gasteiger partial charge is 0.149 e. The molecular formula is C44H30O2. The predicted molar refractivity (Wildman–Crippen MR) is 190 cm³/mol. The van der Waals surface area contributed by atoms with E-state index in [1.54, 1.807) is 0 Å². The Bertz CT molecular complexity index is 2130. The van der Waals surface area contributed by atoms with Crippen LogP contribution in [0.4, 0.5) is 0 Å². The first-order valence-electron chi connectivity index (χ1n) is 15.8. The van der Waals surface area contributed by atoms with E-state index in [1.807, 2.05) is 0 Å². The Morgan fingerprint density at radius 3 is 1.17 bits per heavy atom. The maximum Gasteiger partial charge on any atom is 0.149 e. The van der Waals surface area contributed by atoms with Gasteiger partial charge in [0.2, 0.25) is 0 Å². The highest BCUT2D eigenvalue weighted by Gasteiger charge is 2.29. The van der Waals surface area contributed by atoms with Crippen molar-refractivity contribution in [1.29, 1.82) is 0 Å². The predicted octanol–water partition coefficient (Wildman–Crippen LogP) is 11.3. The summed E-state index contributed by atoms with van der Waals surface area (Å²) in [6.45, 7) is 0. The lowest BCUT2D eigenvalue weighted by molar-refractivity contribution is 0.261. The van der Waals surface area contributed by atoms with Gasteiger partial charge < -0.3 is 9.47 Å². The zero-order chi connectivity index (χ0) is 30.5. The second-order valence-corrected chi connectivity index (χ2v) is 12.0. The Morgan fingerprint density at radius 1 is 0.348 bits per heavy atom. The zero-order valence-corrected chi connectivity index (χ0v) is 25.1. The molecule has 0 bridgehead atoms. The maximum absolute atomic E-state index is 6.79. The fraction of sp³-hybridized carbons (Fsp3) is 0.0455. The quantitative estimate of drug-likeness (QED) is 0.203. The van der Waals surface area contributed by atoms with Crippen molar-refractivity contribution in [3.8, 4) is 11.5 Å². The Kier molecular flexibility index (Phi) is 6.31. The van der Waals surface area contributed by atoms with Gasteiger partial charge in [-0.15, -0.1) is 0 Å². The largest absolute Gasteiger partial charge is 0.480 e. The van der Waals surface area contributed by atoms with E-state index in [9.17, 15) is 0 Å². The molecule has 0 saturated heterocycles. The molecule has 0 N–H and O–H groups in total. The molecule has 0 spiro atoms. The van der Waals surface area contributed by atoms with Crippen LogP contribution in [0.3, 0.4) is 0 Å². The van der Waals surface area contributed by atoms with Crippen molar-refractivity contribution >= 4 is 44.8 Å². The van der Waals surface area contributed by atoms with Crippen molar-refractivity contribution in [3.05, 3.63) is 191 Å². The van der Waals surface area contributed by atoms with Crippen LogP contribution in [0.15, 0.2) is 158 Å². The minimum absolute atomic E-state index is 0.215. The maximum atomic E-state index is 6.79. The van der Waals surface area contributed by atoms with Gasteiger partial charge >= 0.3 is 0 Å². The molecule has 2 nitrogen and oxygen atoms in total. The summed E-state index contributed by atoms with van der Waals surface area (Å²) in [5.41, 5.74) is 9.07. The van der Waals surface area contributed by atoms with Gasteiger partial charge in [0, 0.05) is 22.3 Å². The number of hydrogen-bond donors (Lipinski definition) is 0. The van der Waals surface area contributed by atoms with E-state index in [0.717, 1.165) is 56.0 Å². The molecule has 0 aromatic heterocycles. The van der Waals surface area contributed by atoms with E-state index in [2.05, 4.69) is 170 Å². The summed E-state index contributed by atoms with van der Waals surface area (Å²) in [5.74, 6) is 1.82. The van der Waals surface area contributed by atoms with Crippen LogP contribution in [0.25, 0.3) is 44.8 Å². The van der Waals surface area contributed by atoms with Crippen molar-refractivity contribution in [1.82, 2.24) is 0 Å². The first-order valence-corrected chi connectivity index (χ1v) is 15.8. The molecule has 2 heteroatoms. The number of ether oxygens (including phenoxy) is 2. The van der Waals surface area contributed by atoms with Crippen LogP contribution in [0, 0.1) is 0 Å². The summed E-state index contributed by atoms with van der Waals surface area (Å²) in [4.78, 5) is 0. The Hall–Kier alpha value is -5.86.